The standard InChI is InChI=1S/C17H27N5O2S/c23-25(24)13-3-6-22(25)12-7-19-14-16(15-19)20-8-10-21(11-9-20)17-4-1-2-5-18-17/h1-2,4-5,16H,3,6-15H2. The highest BCUT2D eigenvalue weighted by Crippen LogP contribution is 2.20. The Bertz CT molecular complexity index is 670. The first-order chi connectivity index (χ1) is 12.1. The quantitative estimate of drug-likeness (QED) is 0.728. The highest BCUT2D eigenvalue weighted by Gasteiger charge is 2.35. The zero-order chi connectivity index (χ0) is 17.3. The van der Waals surface area contributed by atoms with Gasteiger partial charge in [0.2, 0.25) is 10.0 Å². The van der Waals surface area contributed by atoms with E-state index in [1.54, 1.807) is 4.31 Å². The van der Waals surface area contributed by atoms with Crippen molar-refractivity contribution in [1.29, 1.82) is 0 Å². The second kappa shape index (κ2) is 7.19. The summed E-state index contributed by atoms with van der Waals surface area (Å²) >= 11 is 0. The maximum absolute atomic E-state index is 11.8. The zero-order valence-corrected chi connectivity index (χ0v) is 15.4. The van der Waals surface area contributed by atoms with Crippen LogP contribution in [0.4, 0.5) is 5.82 Å². The van der Waals surface area contributed by atoms with Gasteiger partial charge in [-0.3, -0.25) is 9.80 Å². The molecule has 7 nitrogen and oxygen atoms in total. The lowest BCUT2D eigenvalue weighted by Gasteiger charge is -2.48. The molecule has 0 N–H and O–H groups in total. The lowest BCUT2D eigenvalue weighted by molar-refractivity contribution is 0.0289. The molecule has 0 bridgehead atoms. The number of likely N-dealkylation sites (tertiary alicyclic amines) is 1. The molecular formula is C17H27N5O2S. The third-order valence-electron chi connectivity index (χ3n) is 5.61. The Morgan fingerprint density at radius 3 is 2.48 bits per heavy atom. The molecule has 3 aliphatic rings. The highest BCUT2D eigenvalue weighted by molar-refractivity contribution is 7.89. The molecule has 3 aliphatic heterocycles. The first kappa shape index (κ1) is 17.2. The van der Waals surface area contributed by atoms with Gasteiger partial charge in [-0.25, -0.2) is 17.7 Å². The molecule has 0 radical (unpaired) electrons. The highest BCUT2D eigenvalue weighted by atomic mass is 32.2. The van der Waals surface area contributed by atoms with E-state index in [4.69, 9.17) is 0 Å². The molecular weight excluding hydrogens is 338 g/mol. The molecule has 3 fully saturated rings. The van der Waals surface area contributed by atoms with Crippen LogP contribution in [-0.2, 0) is 10.0 Å². The van der Waals surface area contributed by atoms with Crippen molar-refractivity contribution in [2.24, 2.45) is 0 Å². The normalized spacial score (nSPS) is 26.0. The van der Waals surface area contributed by atoms with Gasteiger partial charge in [0.05, 0.1) is 5.75 Å². The topological polar surface area (TPSA) is 60.0 Å². The van der Waals surface area contributed by atoms with Crippen molar-refractivity contribution in [3.8, 4) is 0 Å². The average Bonchev–Trinajstić information content (AvgIpc) is 2.93. The van der Waals surface area contributed by atoms with Gasteiger partial charge in [-0.2, -0.15) is 0 Å². The molecule has 4 heterocycles. The number of hydrogen-bond acceptors (Lipinski definition) is 6. The molecule has 0 spiro atoms. The molecule has 0 atom stereocenters. The van der Waals surface area contributed by atoms with E-state index in [2.05, 4.69) is 25.8 Å². The number of piperazine rings is 1. The number of rotatable bonds is 5. The summed E-state index contributed by atoms with van der Waals surface area (Å²) in [6.07, 6.45) is 2.64. The van der Waals surface area contributed by atoms with Crippen LogP contribution in [-0.4, -0.2) is 98.2 Å². The maximum Gasteiger partial charge on any atom is 0.214 e. The van der Waals surface area contributed by atoms with Gasteiger partial charge < -0.3 is 4.90 Å². The van der Waals surface area contributed by atoms with E-state index < -0.39 is 10.0 Å². The second-order valence-electron chi connectivity index (χ2n) is 7.19. The fourth-order valence-electron chi connectivity index (χ4n) is 4.01. The van der Waals surface area contributed by atoms with E-state index in [9.17, 15) is 8.42 Å². The van der Waals surface area contributed by atoms with Crippen LogP contribution in [0.3, 0.4) is 0 Å². The van der Waals surface area contributed by atoms with Gasteiger partial charge in [-0.1, -0.05) is 6.07 Å². The SMILES string of the molecule is O=S1(=O)CCCN1CCN1CC(N2CCN(c3ccccn3)CC2)C1. The first-order valence-electron chi connectivity index (χ1n) is 9.22. The van der Waals surface area contributed by atoms with E-state index in [0.29, 0.717) is 24.9 Å². The summed E-state index contributed by atoms with van der Waals surface area (Å²) in [7, 11) is -2.95. The fourth-order valence-corrected chi connectivity index (χ4v) is 5.53. The Morgan fingerprint density at radius 1 is 1.04 bits per heavy atom. The number of hydrogen-bond donors (Lipinski definition) is 0. The monoisotopic (exact) mass is 365 g/mol. The minimum absolute atomic E-state index is 0.330. The molecule has 138 valence electrons. The number of nitrogens with zero attached hydrogens (tertiary/aromatic N) is 5. The van der Waals surface area contributed by atoms with E-state index in [1.165, 1.54) is 0 Å². The van der Waals surface area contributed by atoms with Crippen molar-refractivity contribution in [3.05, 3.63) is 24.4 Å². The van der Waals surface area contributed by atoms with Gasteiger partial charge in [-0.05, 0) is 18.6 Å². The van der Waals surface area contributed by atoms with Crippen LogP contribution in [0, 0.1) is 0 Å². The number of anilines is 1. The van der Waals surface area contributed by atoms with Crippen molar-refractivity contribution in [3.63, 3.8) is 0 Å². The molecule has 0 aliphatic carbocycles. The van der Waals surface area contributed by atoms with E-state index in [1.807, 2.05) is 18.3 Å². The molecule has 1 aromatic heterocycles. The summed E-state index contributed by atoms with van der Waals surface area (Å²) in [4.78, 5) is 11.7. The summed E-state index contributed by atoms with van der Waals surface area (Å²) < 4.78 is 25.3. The van der Waals surface area contributed by atoms with Crippen molar-refractivity contribution in [2.75, 3.05) is 69.6 Å². The number of sulfonamides is 1. The van der Waals surface area contributed by atoms with Gasteiger partial charge in [0, 0.05) is 71.1 Å². The van der Waals surface area contributed by atoms with Crippen LogP contribution in [0.15, 0.2) is 24.4 Å². The first-order valence-corrected chi connectivity index (χ1v) is 10.8. The molecule has 4 rings (SSSR count). The summed E-state index contributed by atoms with van der Waals surface area (Å²) in [6, 6.07) is 6.70. The van der Waals surface area contributed by atoms with Gasteiger partial charge in [0.1, 0.15) is 5.82 Å². The lowest BCUT2D eigenvalue weighted by atomic mass is 10.1. The predicted octanol–water partition coefficient (Wildman–Crippen LogP) is -0.0767. The average molecular weight is 366 g/mol. The Balaban J connectivity index is 1.18. The molecule has 0 amide bonds. The lowest BCUT2D eigenvalue weighted by Crippen LogP contribution is -2.63. The van der Waals surface area contributed by atoms with Gasteiger partial charge in [-0.15, -0.1) is 0 Å². The van der Waals surface area contributed by atoms with Crippen LogP contribution >= 0.6 is 0 Å². The van der Waals surface area contributed by atoms with Crippen molar-refractivity contribution < 1.29 is 8.42 Å². The van der Waals surface area contributed by atoms with Crippen molar-refractivity contribution >= 4 is 15.8 Å². The third-order valence-corrected chi connectivity index (χ3v) is 7.57. The Morgan fingerprint density at radius 2 is 1.84 bits per heavy atom. The maximum atomic E-state index is 11.8. The zero-order valence-electron chi connectivity index (χ0n) is 14.6. The van der Waals surface area contributed by atoms with E-state index in [-0.39, 0.29) is 0 Å². The molecule has 3 saturated heterocycles. The van der Waals surface area contributed by atoms with Crippen molar-refractivity contribution in [2.45, 2.75) is 12.5 Å². The summed E-state index contributed by atoms with van der Waals surface area (Å²) in [6.45, 7) is 8.57. The fraction of sp³-hybridized carbons (Fsp3) is 0.706. The molecule has 8 heteroatoms. The van der Waals surface area contributed by atoms with Crippen LogP contribution in [0.5, 0.6) is 0 Å². The summed E-state index contributed by atoms with van der Waals surface area (Å²) in [5.74, 6) is 1.40. The predicted molar refractivity (Wildman–Crippen MR) is 98.2 cm³/mol. The molecule has 0 unspecified atom stereocenters. The second-order valence-corrected chi connectivity index (χ2v) is 9.28. The van der Waals surface area contributed by atoms with Gasteiger partial charge in [0.15, 0.2) is 0 Å². The Kier molecular flexibility index (Phi) is 4.95. The smallest absolute Gasteiger partial charge is 0.214 e. The molecule has 25 heavy (non-hydrogen) atoms. The Labute approximate surface area is 150 Å². The van der Waals surface area contributed by atoms with Crippen molar-refractivity contribution in [1.82, 2.24) is 19.1 Å². The molecule has 0 aromatic carbocycles. The number of pyridine rings is 1. The minimum atomic E-state index is -2.95. The Hall–Kier alpha value is -1.22. The van der Waals surface area contributed by atoms with Crippen LogP contribution in [0.1, 0.15) is 6.42 Å². The van der Waals surface area contributed by atoms with Gasteiger partial charge in [0.25, 0.3) is 0 Å². The van der Waals surface area contributed by atoms with Crippen LogP contribution in [0.25, 0.3) is 0 Å². The minimum Gasteiger partial charge on any atom is -0.354 e. The van der Waals surface area contributed by atoms with Crippen LogP contribution < -0.4 is 4.90 Å². The van der Waals surface area contributed by atoms with E-state index >= 15 is 0 Å². The molecule has 1 aromatic rings. The summed E-state index contributed by atoms with van der Waals surface area (Å²) in [5.41, 5.74) is 0. The summed E-state index contributed by atoms with van der Waals surface area (Å²) in [5, 5.41) is 0. The molecule has 0 saturated carbocycles. The van der Waals surface area contributed by atoms with E-state index in [0.717, 1.165) is 58.1 Å². The number of aromatic nitrogens is 1. The van der Waals surface area contributed by atoms with Crippen LogP contribution in [0.2, 0.25) is 0 Å². The van der Waals surface area contributed by atoms with Gasteiger partial charge >= 0.3 is 0 Å². The largest absolute Gasteiger partial charge is 0.354 e. The third kappa shape index (κ3) is 3.81.